The average molecular weight is 965 g/mol. The molecule has 0 amide bonds. The van der Waals surface area contributed by atoms with Gasteiger partial charge < -0.3 is 23.9 Å². The molecule has 0 saturated carbocycles. The van der Waals surface area contributed by atoms with E-state index in [0.29, 0.717) is 32.5 Å². The number of benzene rings is 2. The molecule has 320 valence electrons. The molecule has 2 heterocycles. The number of cyclic esters (lactones) is 1. The highest BCUT2D eigenvalue weighted by atomic mass is 79.9. The summed E-state index contributed by atoms with van der Waals surface area (Å²) in [5, 5.41) is 22.1. The molecule has 0 spiro atoms. The third-order valence-electron chi connectivity index (χ3n) is 10.7. The van der Waals surface area contributed by atoms with E-state index in [-0.39, 0.29) is 70.5 Å². The Morgan fingerprint density at radius 3 is 2.00 bits per heavy atom. The molecule has 0 unspecified atom stereocenters. The van der Waals surface area contributed by atoms with Crippen LogP contribution >= 0.6 is 31.9 Å². The number of aliphatic hydroxyl groups excluding tert-OH is 1. The van der Waals surface area contributed by atoms with E-state index in [1.807, 2.05) is 13.0 Å². The van der Waals surface area contributed by atoms with Gasteiger partial charge in [0.25, 0.3) is 0 Å². The van der Waals surface area contributed by atoms with Gasteiger partial charge in [0.15, 0.2) is 23.2 Å². The van der Waals surface area contributed by atoms with Gasteiger partial charge in [0, 0.05) is 12.5 Å². The minimum Gasteiger partial charge on any atom is -0.623 e. The maximum Gasteiger partial charge on any atom is 0.326 e. The number of Topliss-reactive ketones (excluding diaryl/α,β-unsaturated/α-hetero) is 1. The number of nitrogens with zero attached hydrogens (tertiary/aromatic N) is 2. The highest BCUT2D eigenvalue weighted by Gasteiger charge is 2.57. The van der Waals surface area contributed by atoms with Crippen molar-refractivity contribution in [2.24, 2.45) is 5.92 Å². The Morgan fingerprint density at radius 1 is 0.982 bits per heavy atom. The van der Waals surface area contributed by atoms with Crippen LogP contribution in [0.15, 0.2) is 57.5 Å². The van der Waals surface area contributed by atoms with E-state index in [0.717, 1.165) is 6.21 Å². The van der Waals surface area contributed by atoms with Gasteiger partial charge >= 0.3 is 5.97 Å². The molecule has 2 fully saturated rings. The van der Waals surface area contributed by atoms with Crippen molar-refractivity contribution in [1.29, 1.82) is 0 Å². The van der Waals surface area contributed by atoms with Crippen LogP contribution < -0.4 is 0 Å². The van der Waals surface area contributed by atoms with Gasteiger partial charge in [-0.05, 0) is 100 Å². The first-order chi connectivity index (χ1) is 26.1. The fourth-order valence-corrected chi connectivity index (χ4v) is 8.08. The first kappa shape index (κ1) is 51.0. The molecule has 1 N–H and O–H groups in total. The average Bonchev–Trinajstić information content (AvgIpc) is 3.58. The molecule has 10 nitrogen and oxygen atoms in total. The molecule has 2 aliphatic rings. The zero-order valence-electron chi connectivity index (χ0n) is 35.6. The number of carbonyl (C=O) groups is 2. The molecule has 2 aromatic rings. The summed E-state index contributed by atoms with van der Waals surface area (Å²) in [5.74, 6) is -1.63. The lowest BCUT2D eigenvalue weighted by Gasteiger charge is -2.37. The fourth-order valence-electron chi connectivity index (χ4n) is 5.31. The van der Waals surface area contributed by atoms with Crippen LogP contribution in [0.4, 0.5) is 8.78 Å². The quantitative estimate of drug-likeness (QED) is 0.0422. The second-order valence-electron chi connectivity index (χ2n) is 17.4. The Labute approximate surface area is 357 Å². The Morgan fingerprint density at radius 2 is 1.49 bits per heavy atom. The highest BCUT2D eigenvalue weighted by Crippen LogP contribution is 2.42. The number of ether oxygens (including phenoxy) is 1. The van der Waals surface area contributed by atoms with Gasteiger partial charge in [0.05, 0.1) is 46.3 Å². The first-order valence-corrected chi connectivity index (χ1v) is 26.4. The number of halogens is 4. The number of carbonyl (C=O) groups excluding carboxylic acids is 2. The molecule has 2 aromatic carbocycles. The number of hydrogen-bond acceptors (Lipinski definition) is 9. The number of ketones is 1. The topological polar surface area (TPSA) is 121 Å². The van der Waals surface area contributed by atoms with Crippen LogP contribution in [0.5, 0.6) is 0 Å². The number of hydroxylamine groups is 3. The van der Waals surface area contributed by atoms with Gasteiger partial charge in [-0.2, -0.15) is 5.06 Å². The third-order valence-corrected chi connectivity index (χ3v) is 20.9. The summed E-state index contributed by atoms with van der Waals surface area (Å²) in [5.41, 5.74) is 0.711. The summed E-state index contributed by atoms with van der Waals surface area (Å²) in [4.78, 5) is 29.2. The molecule has 2 aliphatic heterocycles. The summed E-state index contributed by atoms with van der Waals surface area (Å²) in [6.45, 7) is 27.9. The SMILES string of the molecule is CC(=O)/C=[N+](\[O-])Cc1cccc(Br)c1F.C[C@@H]1OC(=O)[C@@H]2[C@H]1[C@H](CO[Si](C)(C)C(C)(C)C)ON2Cc1cccc(Br)c1F.C[C@H](O)/C=C\CO[Si](C)(C)C(C)(C)C. The maximum atomic E-state index is 14.4. The Balaban J connectivity index is 0.000000327. The monoisotopic (exact) mass is 962 g/mol. The minimum atomic E-state index is -1.96. The molecule has 57 heavy (non-hydrogen) atoms. The molecule has 0 bridgehead atoms. The molecular weight excluding hydrogens is 902 g/mol. The number of fused-ring (bicyclic) bond motifs is 1. The zero-order valence-corrected chi connectivity index (χ0v) is 40.8. The summed E-state index contributed by atoms with van der Waals surface area (Å²) in [6, 6.07) is 9.24. The molecule has 0 radical (unpaired) electrons. The summed E-state index contributed by atoms with van der Waals surface area (Å²) >= 11 is 6.22. The van der Waals surface area contributed by atoms with Crippen molar-refractivity contribution >= 4 is 66.5 Å². The van der Waals surface area contributed by atoms with Crippen molar-refractivity contribution in [3.8, 4) is 0 Å². The van der Waals surface area contributed by atoms with Crippen molar-refractivity contribution in [2.45, 2.75) is 136 Å². The van der Waals surface area contributed by atoms with Crippen LogP contribution in [0.25, 0.3) is 0 Å². The van der Waals surface area contributed by atoms with Gasteiger partial charge in [-0.15, -0.1) is 0 Å². The van der Waals surface area contributed by atoms with E-state index < -0.39 is 28.5 Å². The van der Waals surface area contributed by atoms with Crippen molar-refractivity contribution in [1.82, 2.24) is 5.06 Å². The third kappa shape index (κ3) is 15.1. The van der Waals surface area contributed by atoms with Crippen LogP contribution in [0.2, 0.25) is 36.3 Å². The van der Waals surface area contributed by atoms with Gasteiger partial charge in [-0.3, -0.25) is 14.4 Å². The van der Waals surface area contributed by atoms with E-state index in [4.69, 9.17) is 23.5 Å². The largest absolute Gasteiger partial charge is 0.623 e. The van der Waals surface area contributed by atoms with Gasteiger partial charge in [-0.1, -0.05) is 71.9 Å². The molecule has 0 aliphatic carbocycles. The van der Waals surface area contributed by atoms with Crippen molar-refractivity contribution in [3.63, 3.8) is 0 Å². The van der Waals surface area contributed by atoms with E-state index in [1.165, 1.54) is 13.0 Å². The van der Waals surface area contributed by atoms with E-state index in [2.05, 4.69) is 99.6 Å². The van der Waals surface area contributed by atoms with Gasteiger partial charge in [-0.25, -0.2) is 13.5 Å². The molecule has 16 heteroatoms. The van der Waals surface area contributed by atoms with Crippen molar-refractivity contribution in [2.75, 3.05) is 13.2 Å². The number of hydrogen-bond donors (Lipinski definition) is 1. The highest BCUT2D eigenvalue weighted by molar-refractivity contribution is 9.10. The molecule has 2 saturated heterocycles. The molecule has 5 atom stereocenters. The summed E-state index contributed by atoms with van der Waals surface area (Å²) < 4.78 is 46.6. The van der Waals surface area contributed by atoms with Crippen LogP contribution in [-0.2, 0) is 41.1 Å². The lowest BCUT2D eigenvalue weighted by Crippen LogP contribution is -2.44. The number of aliphatic hydroxyl groups is 1. The molecule has 0 aromatic heterocycles. The molecular formula is C41H62Br2F2N2O8Si2. The second-order valence-corrected chi connectivity index (χ2v) is 28.8. The second kappa shape index (κ2) is 21.4. The standard InChI is InChI=1S/C20H29BrFNO4Si.C11H24O2Si.C10H9BrFNO2/c1-12-16-15(11-25-28(5,6)20(2,3)4)27-23(18(16)19(24)26-12)10-13-8-7-9-14(21)17(13)22;1-10(12)8-7-9-13-14(5,6)11(2,3)4;1-7(14)5-13(15)6-8-3-2-4-9(11)10(8)12/h7-9,12,15-16,18H,10-11H2,1-6H3;7-8,10,12H,9H2,1-6H3;2-5H,6H2,1H3/b;8-7-;13-5-/t12-,15-,16+,18-;10-;/m00./s1. The smallest absolute Gasteiger partial charge is 0.326 e. The first-order valence-electron chi connectivity index (χ1n) is 19.0. The van der Waals surface area contributed by atoms with Crippen molar-refractivity contribution < 1.29 is 46.6 Å². The van der Waals surface area contributed by atoms with E-state index >= 15 is 0 Å². The van der Waals surface area contributed by atoms with Crippen LogP contribution in [0.3, 0.4) is 0 Å². The lowest BCUT2D eigenvalue weighted by molar-refractivity contribution is -0.469. The number of rotatable bonds is 12. The zero-order chi connectivity index (χ0) is 43.7. The van der Waals surface area contributed by atoms with Gasteiger partial charge in [0.2, 0.25) is 12.0 Å². The number of esters is 1. The maximum absolute atomic E-state index is 14.4. The lowest BCUT2D eigenvalue weighted by atomic mass is 9.93. The summed E-state index contributed by atoms with van der Waals surface area (Å²) in [7, 11) is -3.57. The minimum absolute atomic E-state index is 0.0811. The van der Waals surface area contributed by atoms with E-state index in [1.54, 1.807) is 48.4 Å². The Bertz CT molecular complexity index is 1730. The van der Waals surface area contributed by atoms with Gasteiger partial charge in [0.1, 0.15) is 29.9 Å². The van der Waals surface area contributed by atoms with Crippen LogP contribution in [0.1, 0.15) is 73.4 Å². The van der Waals surface area contributed by atoms with Crippen molar-refractivity contribution in [3.05, 3.63) is 85.5 Å². The normalized spacial score (nSPS) is 21.0. The van der Waals surface area contributed by atoms with Crippen LogP contribution in [0, 0.1) is 22.8 Å². The predicted molar refractivity (Wildman–Crippen MR) is 233 cm³/mol. The predicted octanol–water partition coefficient (Wildman–Crippen LogP) is 9.86. The summed E-state index contributed by atoms with van der Waals surface area (Å²) in [6.07, 6.45) is 3.61. The van der Waals surface area contributed by atoms with E-state index in [9.17, 15) is 23.6 Å². The molecule has 4 rings (SSSR count). The van der Waals surface area contributed by atoms with Crippen LogP contribution in [-0.4, -0.2) is 87.1 Å². The fraction of sp³-hybridized carbons (Fsp3) is 0.585. The Kier molecular flexibility index (Phi) is 19.1. The Hall–Kier alpha value is -2.16.